The fourth-order valence-corrected chi connectivity index (χ4v) is 7.32. The van der Waals surface area contributed by atoms with Crippen molar-refractivity contribution in [2.24, 2.45) is 0 Å². The summed E-state index contributed by atoms with van der Waals surface area (Å²) in [5.74, 6) is 0.657. The molecule has 0 aliphatic carbocycles. The maximum Gasteiger partial charge on any atom is 0.108 e. The Morgan fingerprint density at radius 1 is 0.860 bits per heavy atom. The predicted octanol–water partition coefficient (Wildman–Crippen LogP) is 10.6. The van der Waals surface area contributed by atoms with Crippen molar-refractivity contribution in [2.75, 3.05) is 9.80 Å². The minimum absolute atomic E-state index is 0. The summed E-state index contributed by atoms with van der Waals surface area (Å²) < 4.78 is 8.87. The molecule has 7 rings (SSSR count). The second-order valence-electron chi connectivity index (χ2n) is 11.5. The van der Waals surface area contributed by atoms with Crippen molar-refractivity contribution in [3.05, 3.63) is 120 Å². The van der Waals surface area contributed by atoms with Gasteiger partial charge in [-0.05, 0) is 70.6 Å². The molecule has 0 amide bonds. The molecule has 43 heavy (non-hydrogen) atoms. The monoisotopic (exact) mass is 779 g/mol. The first-order chi connectivity index (χ1) is 20.3. The Balaban J connectivity index is 0.00000329. The number of anilines is 2. The molecule has 0 fully saturated rings. The molecule has 0 spiro atoms. The molecule has 1 aliphatic rings. The van der Waals surface area contributed by atoms with Crippen LogP contribution in [0.1, 0.15) is 40.2 Å². The molecule has 0 radical (unpaired) electrons. The van der Waals surface area contributed by atoms with Crippen molar-refractivity contribution < 1.29 is 25.8 Å². The van der Waals surface area contributed by atoms with Crippen molar-refractivity contribution in [3.63, 3.8) is 0 Å². The van der Waals surface area contributed by atoms with Crippen LogP contribution < -0.4 is 14.5 Å². The van der Waals surface area contributed by atoms with E-state index in [0.29, 0.717) is 10.8 Å². The van der Waals surface area contributed by atoms with Crippen LogP contribution in [0.25, 0.3) is 31.4 Å². The van der Waals surface area contributed by atoms with E-state index in [1.54, 1.807) is 22.7 Å². The van der Waals surface area contributed by atoms with Gasteiger partial charge in [-0.3, -0.25) is 4.98 Å². The van der Waals surface area contributed by atoms with Crippen LogP contribution in [0, 0.1) is 18.8 Å². The smallest absolute Gasteiger partial charge is 0.108 e. The summed E-state index contributed by atoms with van der Waals surface area (Å²) >= 11 is 3.38. The number of pyridine rings is 1. The van der Waals surface area contributed by atoms with E-state index in [9.17, 15) is 0 Å². The number of hydrogen-bond donors (Lipinski definition) is 0. The van der Waals surface area contributed by atoms with Crippen LogP contribution in [0.4, 0.5) is 11.4 Å². The van der Waals surface area contributed by atoms with Crippen LogP contribution in [-0.4, -0.2) is 4.98 Å². The fourth-order valence-electron chi connectivity index (χ4n) is 5.28. The van der Waals surface area contributed by atoms with Crippen LogP contribution in [-0.2, 0) is 26.5 Å². The zero-order chi connectivity index (χ0) is 29.0. The fraction of sp³-hybridized carbons (Fsp3) is 0.167. The number of ether oxygens (including phenoxy) is 1. The van der Waals surface area contributed by atoms with Gasteiger partial charge in [0.15, 0.2) is 0 Å². The molecule has 3 aromatic carbocycles. The molecule has 1 aliphatic heterocycles. The number of nitrogens with zero attached hydrogens (tertiary/aromatic N) is 3. The number of benzene rings is 3. The van der Waals surface area contributed by atoms with Crippen molar-refractivity contribution in [1.82, 2.24) is 4.98 Å². The Hall–Kier alpha value is -3.44. The molecule has 0 atom stereocenters. The summed E-state index contributed by atoms with van der Waals surface area (Å²) in [5, 5.41) is 5.12. The normalized spacial score (nSPS) is 13.7. The van der Waals surface area contributed by atoms with Gasteiger partial charge in [-0.25, -0.2) is 0 Å². The average Bonchev–Trinajstić information content (AvgIpc) is 3.70. The number of aromatic nitrogens is 1. The van der Waals surface area contributed by atoms with Gasteiger partial charge in [0.25, 0.3) is 0 Å². The minimum atomic E-state index is 0. The van der Waals surface area contributed by atoms with E-state index in [0.717, 1.165) is 33.7 Å². The first-order valence-electron chi connectivity index (χ1n) is 14.0. The number of para-hydroxylation sites is 1. The molecule has 7 heteroatoms. The average molecular weight is 780 g/mol. The zero-order valence-corrected chi connectivity index (χ0v) is 28.4. The number of rotatable bonds is 5. The van der Waals surface area contributed by atoms with Crippen LogP contribution in [0.2, 0.25) is 0 Å². The second-order valence-corrected chi connectivity index (χ2v) is 13.4. The van der Waals surface area contributed by atoms with E-state index < -0.39 is 0 Å². The van der Waals surface area contributed by atoms with Gasteiger partial charge < -0.3 is 14.5 Å². The molecule has 0 saturated heterocycles. The van der Waals surface area contributed by atoms with E-state index in [2.05, 4.69) is 123 Å². The summed E-state index contributed by atoms with van der Waals surface area (Å²) in [6, 6.07) is 32.2. The van der Waals surface area contributed by atoms with Crippen molar-refractivity contribution in [1.29, 1.82) is 0 Å². The van der Waals surface area contributed by atoms with Gasteiger partial charge >= 0.3 is 0 Å². The van der Waals surface area contributed by atoms with Gasteiger partial charge in [-0.1, -0.05) is 49.2 Å². The topological polar surface area (TPSA) is 28.6 Å². The molecular formula is C36H30N3OPtS2-3. The number of hydrogen-bond acceptors (Lipinski definition) is 6. The Morgan fingerprint density at radius 3 is 2.44 bits per heavy atom. The summed E-state index contributed by atoms with van der Waals surface area (Å²) in [7, 11) is 0. The van der Waals surface area contributed by atoms with Gasteiger partial charge in [0.05, 0.1) is 0 Å². The molecule has 0 saturated carbocycles. The van der Waals surface area contributed by atoms with Crippen LogP contribution in [0.5, 0.6) is 10.8 Å². The summed E-state index contributed by atoms with van der Waals surface area (Å²) in [4.78, 5) is 9.14. The Bertz CT molecular complexity index is 1970. The summed E-state index contributed by atoms with van der Waals surface area (Å²) in [6.45, 7) is 13.1. The standard InChI is InChI=1S/C36H30N3OS2.Pt/c1-23-24(2)39(22-38(23)27-10-7-6-8-11-27)28-12-9-13-29(20-28)40-33-21-31-30(18-25-15-17-41-34(25)35(31)42-33)32-19-26(14-16-37-32)36(3,4)5;/h6-19,22H,1-5H3;/q-3;. The second kappa shape index (κ2) is 11.6. The predicted molar refractivity (Wildman–Crippen MR) is 177 cm³/mol. The van der Waals surface area contributed by atoms with Gasteiger partial charge in [0, 0.05) is 55.8 Å². The maximum atomic E-state index is 6.45. The molecule has 3 aromatic heterocycles. The van der Waals surface area contributed by atoms with E-state index in [1.165, 1.54) is 26.0 Å². The zero-order valence-electron chi connectivity index (χ0n) is 24.5. The third-order valence-corrected chi connectivity index (χ3v) is 9.81. The Kier molecular flexibility index (Phi) is 7.97. The van der Waals surface area contributed by atoms with Crippen molar-refractivity contribution >= 4 is 54.2 Å². The molecule has 4 heterocycles. The first-order valence-corrected chi connectivity index (χ1v) is 15.6. The van der Waals surface area contributed by atoms with Gasteiger partial charge in [-0.2, -0.15) is 34.1 Å². The van der Waals surface area contributed by atoms with Crippen molar-refractivity contribution in [2.45, 2.75) is 40.0 Å². The molecule has 0 N–H and O–H groups in total. The van der Waals surface area contributed by atoms with E-state index >= 15 is 0 Å². The van der Waals surface area contributed by atoms with E-state index in [4.69, 9.17) is 9.72 Å². The SMILES string of the molecule is CC1=C(C)N(c2ccccc2)[CH-]N1c1[c-]c(Oc2[c-]c3c(-c4cc(C(C)(C)C)ccn4)cc4ccsc4c3s2)ccc1.[Pt]. The Morgan fingerprint density at radius 2 is 1.65 bits per heavy atom. The van der Waals surface area contributed by atoms with E-state index in [1.807, 2.05) is 24.4 Å². The molecule has 4 nitrogen and oxygen atoms in total. The van der Waals surface area contributed by atoms with Gasteiger partial charge in [0.1, 0.15) is 5.06 Å². The van der Waals surface area contributed by atoms with Gasteiger partial charge in [-0.15, -0.1) is 42.7 Å². The molecule has 6 aromatic rings. The third-order valence-electron chi connectivity index (χ3n) is 7.75. The number of thiophene rings is 2. The van der Waals surface area contributed by atoms with Gasteiger partial charge in [0.2, 0.25) is 0 Å². The molecule has 0 unspecified atom stereocenters. The van der Waals surface area contributed by atoms with Crippen LogP contribution >= 0.6 is 22.7 Å². The Labute approximate surface area is 275 Å². The largest absolute Gasteiger partial charge is 0.497 e. The molecule has 0 bridgehead atoms. The minimum Gasteiger partial charge on any atom is -0.497 e. The quantitative estimate of drug-likeness (QED) is 0.163. The molecular weight excluding hydrogens is 750 g/mol. The molecule has 220 valence electrons. The summed E-state index contributed by atoms with van der Waals surface area (Å²) in [5.41, 5.74) is 7.71. The maximum absolute atomic E-state index is 6.45. The van der Waals surface area contributed by atoms with Crippen molar-refractivity contribution in [3.8, 4) is 22.1 Å². The third kappa shape index (κ3) is 5.53. The number of fused-ring (bicyclic) bond motifs is 3. The van der Waals surface area contributed by atoms with Crippen LogP contribution in [0.15, 0.2) is 95.8 Å². The number of allylic oxidation sites excluding steroid dienone is 2. The summed E-state index contributed by atoms with van der Waals surface area (Å²) in [6.07, 6.45) is 1.91. The van der Waals surface area contributed by atoms with Crippen LogP contribution in [0.3, 0.4) is 0 Å². The first kappa shape index (κ1) is 29.6. The van der Waals surface area contributed by atoms with E-state index in [-0.39, 0.29) is 26.5 Å².